The van der Waals surface area contributed by atoms with Crippen molar-refractivity contribution in [3.63, 3.8) is 0 Å². The SMILES string of the molecule is CCOC(=O)CCC1CC(=O)N2C(=O)CCC12. The zero-order valence-electron chi connectivity index (χ0n) is 9.98. The number of nitrogens with zero attached hydrogens (tertiary/aromatic N) is 1. The molecule has 0 N–H and O–H groups in total. The third-order valence-electron chi connectivity index (χ3n) is 3.53. The number of fused-ring (bicyclic) bond motifs is 1. The molecule has 0 saturated carbocycles. The van der Waals surface area contributed by atoms with Gasteiger partial charge in [-0.2, -0.15) is 0 Å². The highest BCUT2D eigenvalue weighted by atomic mass is 16.5. The zero-order chi connectivity index (χ0) is 12.4. The summed E-state index contributed by atoms with van der Waals surface area (Å²) in [4.78, 5) is 35.8. The van der Waals surface area contributed by atoms with E-state index in [9.17, 15) is 14.4 Å². The second-order valence-electron chi connectivity index (χ2n) is 4.57. The van der Waals surface area contributed by atoms with Crippen molar-refractivity contribution < 1.29 is 19.1 Å². The largest absolute Gasteiger partial charge is 0.466 e. The number of carbonyl (C=O) groups excluding carboxylic acids is 3. The molecule has 0 aliphatic carbocycles. The van der Waals surface area contributed by atoms with Crippen LogP contribution in [0.2, 0.25) is 0 Å². The van der Waals surface area contributed by atoms with Crippen LogP contribution in [0.15, 0.2) is 0 Å². The third kappa shape index (κ3) is 2.33. The van der Waals surface area contributed by atoms with Crippen molar-refractivity contribution in [1.82, 2.24) is 4.90 Å². The van der Waals surface area contributed by atoms with E-state index < -0.39 is 0 Å². The molecule has 94 valence electrons. The monoisotopic (exact) mass is 239 g/mol. The minimum atomic E-state index is -0.220. The van der Waals surface area contributed by atoms with Gasteiger partial charge in [0.05, 0.1) is 6.61 Å². The van der Waals surface area contributed by atoms with Crippen molar-refractivity contribution in [2.75, 3.05) is 6.61 Å². The first-order valence-corrected chi connectivity index (χ1v) is 6.14. The number of hydrogen-bond donors (Lipinski definition) is 0. The molecule has 5 heteroatoms. The molecule has 2 atom stereocenters. The fraction of sp³-hybridized carbons (Fsp3) is 0.750. The molecule has 0 aromatic heterocycles. The fourth-order valence-corrected chi connectivity index (χ4v) is 2.77. The summed E-state index contributed by atoms with van der Waals surface area (Å²) in [5.41, 5.74) is 0. The summed E-state index contributed by atoms with van der Waals surface area (Å²) in [5.74, 6) is -0.217. The Kier molecular flexibility index (Phi) is 3.45. The highest BCUT2D eigenvalue weighted by Crippen LogP contribution is 2.36. The second-order valence-corrected chi connectivity index (χ2v) is 4.57. The van der Waals surface area contributed by atoms with E-state index in [1.165, 1.54) is 4.90 Å². The topological polar surface area (TPSA) is 63.7 Å². The van der Waals surface area contributed by atoms with Crippen LogP contribution in [0.4, 0.5) is 0 Å². The van der Waals surface area contributed by atoms with Crippen molar-refractivity contribution in [1.29, 1.82) is 0 Å². The molecule has 5 nitrogen and oxygen atoms in total. The quantitative estimate of drug-likeness (QED) is 0.539. The predicted octanol–water partition coefficient (Wildman–Crippen LogP) is 0.867. The molecule has 17 heavy (non-hydrogen) atoms. The third-order valence-corrected chi connectivity index (χ3v) is 3.53. The van der Waals surface area contributed by atoms with Crippen LogP contribution >= 0.6 is 0 Å². The zero-order valence-corrected chi connectivity index (χ0v) is 9.98. The van der Waals surface area contributed by atoms with Gasteiger partial charge in [-0.05, 0) is 25.7 Å². The average molecular weight is 239 g/mol. The Labute approximate surface area is 100 Å². The lowest BCUT2D eigenvalue weighted by Gasteiger charge is -2.18. The van der Waals surface area contributed by atoms with E-state index in [-0.39, 0.29) is 29.7 Å². The van der Waals surface area contributed by atoms with Crippen LogP contribution in [0.1, 0.15) is 39.0 Å². The molecular formula is C12H17NO4. The molecule has 0 bridgehead atoms. The first kappa shape index (κ1) is 12.1. The summed E-state index contributed by atoms with van der Waals surface area (Å²) >= 11 is 0. The van der Waals surface area contributed by atoms with Crippen LogP contribution < -0.4 is 0 Å². The van der Waals surface area contributed by atoms with Gasteiger partial charge in [0.25, 0.3) is 0 Å². The smallest absolute Gasteiger partial charge is 0.305 e. The standard InChI is InChI=1S/C12H17NO4/c1-2-17-12(16)6-3-8-7-11(15)13-9(8)4-5-10(13)14/h8-9H,2-7H2,1H3. The number of esters is 1. The van der Waals surface area contributed by atoms with Gasteiger partial charge in [-0.25, -0.2) is 0 Å². The number of carbonyl (C=O) groups is 3. The lowest BCUT2D eigenvalue weighted by molar-refractivity contribution is -0.143. The molecule has 2 aliphatic heterocycles. The number of amides is 2. The van der Waals surface area contributed by atoms with Gasteiger partial charge >= 0.3 is 5.97 Å². The van der Waals surface area contributed by atoms with E-state index in [2.05, 4.69) is 0 Å². The van der Waals surface area contributed by atoms with E-state index in [0.29, 0.717) is 32.3 Å². The van der Waals surface area contributed by atoms with Crippen LogP contribution in [-0.4, -0.2) is 35.3 Å². The van der Waals surface area contributed by atoms with Gasteiger partial charge in [-0.3, -0.25) is 19.3 Å². The minimum absolute atomic E-state index is 0.0319. The lowest BCUT2D eigenvalue weighted by Crippen LogP contribution is -2.32. The summed E-state index contributed by atoms with van der Waals surface area (Å²) in [6.07, 6.45) is 2.59. The minimum Gasteiger partial charge on any atom is -0.466 e. The molecule has 2 aliphatic rings. The molecule has 2 saturated heterocycles. The first-order valence-electron chi connectivity index (χ1n) is 6.14. The summed E-state index contributed by atoms with van der Waals surface area (Å²) in [5, 5.41) is 0. The lowest BCUT2D eigenvalue weighted by atomic mass is 9.93. The maximum absolute atomic E-state index is 11.6. The summed E-state index contributed by atoms with van der Waals surface area (Å²) in [6.45, 7) is 2.16. The summed E-state index contributed by atoms with van der Waals surface area (Å²) in [6, 6.07) is 0.0319. The van der Waals surface area contributed by atoms with Crippen molar-refractivity contribution in [2.24, 2.45) is 5.92 Å². The van der Waals surface area contributed by atoms with Crippen molar-refractivity contribution in [3.8, 4) is 0 Å². The maximum atomic E-state index is 11.6. The molecule has 0 aromatic carbocycles. The summed E-state index contributed by atoms with van der Waals surface area (Å²) in [7, 11) is 0. The van der Waals surface area contributed by atoms with Crippen molar-refractivity contribution in [3.05, 3.63) is 0 Å². The van der Waals surface area contributed by atoms with Gasteiger partial charge < -0.3 is 4.74 Å². The number of imide groups is 1. The van der Waals surface area contributed by atoms with Gasteiger partial charge in [0.1, 0.15) is 0 Å². The number of rotatable bonds is 4. The van der Waals surface area contributed by atoms with Gasteiger partial charge in [-0.1, -0.05) is 0 Å². The van der Waals surface area contributed by atoms with Gasteiger partial charge in [0.15, 0.2) is 0 Å². The Balaban J connectivity index is 1.89. The van der Waals surface area contributed by atoms with Crippen LogP contribution in [0.25, 0.3) is 0 Å². The number of hydrogen-bond acceptors (Lipinski definition) is 4. The van der Waals surface area contributed by atoms with E-state index >= 15 is 0 Å². The molecule has 0 spiro atoms. The molecule has 2 rings (SSSR count). The molecule has 2 amide bonds. The Morgan fingerprint density at radius 2 is 2.18 bits per heavy atom. The van der Waals surface area contributed by atoms with Crippen molar-refractivity contribution >= 4 is 17.8 Å². The Morgan fingerprint density at radius 3 is 2.88 bits per heavy atom. The first-order chi connectivity index (χ1) is 8.13. The van der Waals surface area contributed by atoms with E-state index in [0.717, 1.165) is 6.42 Å². The predicted molar refractivity (Wildman–Crippen MR) is 58.8 cm³/mol. The molecule has 0 radical (unpaired) electrons. The fourth-order valence-electron chi connectivity index (χ4n) is 2.77. The highest BCUT2D eigenvalue weighted by Gasteiger charge is 2.46. The maximum Gasteiger partial charge on any atom is 0.305 e. The van der Waals surface area contributed by atoms with Crippen LogP contribution in [0, 0.1) is 5.92 Å². The molecule has 2 unspecified atom stereocenters. The van der Waals surface area contributed by atoms with Crippen molar-refractivity contribution in [2.45, 2.75) is 45.1 Å². The summed E-state index contributed by atoms with van der Waals surface area (Å²) < 4.78 is 4.86. The number of ether oxygens (including phenoxy) is 1. The van der Waals surface area contributed by atoms with E-state index in [4.69, 9.17) is 4.74 Å². The molecule has 2 heterocycles. The Bertz CT molecular complexity index is 352. The van der Waals surface area contributed by atoms with Crippen LogP contribution in [-0.2, 0) is 19.1 Å². The molecule has 0 aromatic rings. The van der Waals surface area contributed by atoms with Gasteiger partial charge in [-0.15, -0.1) is 0 Å². The van der Waals surface area contributed by atoms with E-state index in [1.807, 2.05) is 0 Å². The van der Waals surface area contributed by atoms with Crippen LogP contribution in [0.5, 0.6) is 0 Å². The average Bonchev–Trinajstić information content (AvgIpc) is 2.80. The Morgan fingerprint density at radius 1 is 1.41 bits per heavy atom. The van der Waals surface area contributed by atoms with Gasteiger partial charge in [0.2, 0.25) is 11.8 Å². The molecule has 2 fully saturated rings. The van der Waals surface area contributed by atoms with E-state index in [1.54, 1.807) is 6.92 Å². The Hall–Kier alpha value is -1.39. The molecular weight excluding hydrogens is 222 g/mol. The highest BCUT2D eigenvalue weighted by molar-refractivity contribution is 5.99. The normalized spacial score (nSPS) is 27.5. The van der Waals surface area contributed by atoms with Gasteiger partial charge in [0, 0.05) is 25.3 Å². The van der Waals surface area contributed by atoms with Crippen LogP contribution in [0.3, 0.4) is 0 Å². The second kappa shape index (κ2) is 4.85.